The van der Waals surface area contributed by atoms with Gasteiger partial charge >= 0.3 is 0 Å². The van der Waals surface area contributed by atoms with Crippen molar-refractivity contribution >= 4 is 0 Å². The number of hydrogen-bond acceptors (Lipinski definition) is 1. The topological polar surface area (TPSA) is 12.5 Å². The van der Waals surface area contributed by atoms with Gasteiger partial charge in [-0.3, -0.25) is 0 Å². The first-order valence-corrected chi connectivity index (χ1v) is 13.2. The van der Waals surface area contributed by atoms with Crippen LogP contribution in [0.25, 0.3) is 0 Å². The van der Waals surface area contributed by atoms with E-state index in [1.165, 1.54) is 92.9 Å². The number of rotatable bonds is 17. The first-order valence-electron chi connectivity index (χ1n) is 13.2. The Labute approximate surface area is 200 Å². The third-order valence-corrected chi connectivity index (χ3v) is 6.51. The highest BCUT2D eigenvalue weighted by molar-refractivity contribution is 5.07. The van der Waals surface area contributed by atoms with Crippen LogP contribution >= 0.6 is 0 Å². The number of unbranched alkanes of at least 4 members (excludes halogenated alkanes) is 2. The van der Waals surface area contributed by atoms with Crippen LogP contribution < -0.4 is 0 Å². The molecular weight excluding hydrogens is 388 g/mol. The first-order chi connectivity index (χ1) is 15.2. The highest BCUT2D eigenvalue weighted by Crippen LogP contribution is 2.38. The summed E-state index contributed by atoms with van der Waals surface area (Å²) in [7, 11) is 0. The van der Waals surface area contributed by atoms with Crippen molar-refractivity contribution in [2.24, 2.45) is 0 Å². The quantitative estimate of drug-likeness (QED) is 0.124. The Morgan fingerprint density at radius 2 is 1.03 bits per heavy atom. The Kier molecular flexibility index (Phi) is 14.6. The van der Waals surface area contributed by atoms with Gasteiger partial charge in [0.1, 0.15) is 0 Å². The molecule has 1 aliphatic heterocycles. The molecular formula is C31H52O. The van der Waals surface area contributed by atoms with Crippen LogP contribution in [-0.4, -0.2) is 11.7 Å². The van der Waals surface area contributed by atoms with Crippen molar-refractivity contribution in [1.82, 2.24) is 0 Å². The standard InChI is InChI=1S/C31H52O/c1-8-9-10-11-12-17-26(2)20-15-21-27(3)18-13-14-19-28(4)22-16-23-29(5)24-25-30-31(6,7)32-30/h10-11,18-20,23,30H,8-9,12-17,21-22,24-25H2,1-7H3/b11-10-,26-20+,27-18+,28-19+,29-23+. The van der Waals surface area contributed by atoms with Gasteiger partial charge in [-0.1, -0.05) is 72.1 Å². The van der Waals surface area contributed by atoms with Crippen LogP contribution in [0.3, 0.4) is 0 Å². The molecule has 1 saturated heterocycles. The van der Waals surface area contributed by atoms with Crippen molar-refractivity contribution in [2.75, 3.05) is 0 Å². The second-order valence-corrected chi connectivity index (χ2v) is 10.4. The van der Waals surface area contributed by atoms with Crippen LogP contribution in [0.5, 0.6) is 0 Å². The zero-order valence-electron chi connectivity index (χ0n) is 22.4. The van der Waals surface area contributed by atoms with E-state index in [-0.39, 0.29) is 5.60 Å². The molecule has 1 aliphatic rings. The van der Waals surface area contributed by atoms with Gasteiger partial charge in [0.2, 0.25) is 0 Å². The lowest BCUT2D eigenvalue weighted by Crippen LogP contribution is -2.02. The minimum absolute atomic E-state index is 0.132. The van der Waals surface area contributed by atoms with Gasteiger partial charge in [-0.05, 0) is 112 Å². The van der Waals surface area contributed by atoms with E-state index in [4.69, 9.17) is 4.74 Å². The second-order valence-electron chi connectivity index (χ2n) is 10.4. The number of ether oxygens (including phenoxy) is 1. The van der Waals surface area contributed by atoms with Crippen LogP contribution in [0.4, 0.5) is 0 Å². The zero-order chi connectivity index (χ0) is 23.8. The van der Waals surface area contributed by atoms with Gasteiger partial charge < -0.3 is 4.74 Å². The summed E-state index contributed by atoms with van der Waals surface area (Å²) < 4.78 is 5.68. The van der Waals surface area contributed by atoms with Crippen LogP contribution in [0, 0.1) is 0 Å². The highest BCUT2D eigenvalue weighted by atomic mass is 16.6. The maximum atomic E-state index is 5.68. The van der Waals surface area contributed by atoms with Gasteiger partial charge in [-0.15, -0.1) is 0 Å². The molecule has 0 saturated carbocycles. The van der Waals surface area contributed by atoms with Gasteiger partial charge in [0.25, 0.3) is 0 Å². The Morgan fingerprint density at radius 1 is 0.625 bits per heavy atom. The van der Waals surface area contributed by atoms with E-state index in [9.17, 15) is 0 Å². The van der Waals surface area contributed by atoms with Crippen molar-refractivity contribution in [3.05, 3.63) is 58.7 Å². The molecule has 0 aliphatic carbocycles. The van der Waals surface area contributed by atoms with Crippen molar-refractivity contribution in [3.8, 4) is 0 Å². The van der Waals surface area contributed by atoms with E-state index in [0.29, 0.717) is 6.10 Å². The molecule has 0 radical (unpaired) electrons. The average Bonchev–Trinajstić information content (AvgIpc) is 3.36. The predicted octanol–water partition coefficient (Wildman–Crippen LogP) is 10.2. The normalized spacial score (nSPS) is 19.8. The fraction of sp³-hybridized carbons (Fsp3) is 0.677. The Bertz CT molecular complexity index is 669. The van der Waals surface area contributed by atoms with Crippen LogP contribution in [0.2, 0.25) is 0 Å². The maximum absolute atomic E-state index is 5.68. The second kappa shape index (κ2) is 16.3. The van der Waals surface area contributed by atoms with E-state index >= 15 is 0 Å². The van der Waals surface area contributed by atoms with E-state index in [0.717, 1.165) is 6.42 Å². The maximum Gasteiger partial charge on any atom is 0.0892 e. The summed E-state index contributed by atoms with van der Waals surface area (Å²) in [5.74, 6) is 0. The molecule has 0 amide bonds. The molecule has 1 rings (SSSR count). The molecule has 1 heterocycles. The summed E-state index contributed by atoms with van der Waals surface area (Å²) in [6.07, 6.45) is 29.1. The SMILES string of the molecule is CCC/C=C\CC/C(C)=C/CC/C(C)=C/CC/C=C(\C)CC/C=C(\C)CCC1OC1(C)C. The molecule has 182 valence electrons. The minimum atomic E-state index is 0.132. The van der Waals surface area contributed by atoms with E-state index in [2.05, 4.69) is 84.9 Å². The van der Waals surface area contributed by atoms with Gasteiger partial charge in [-0.2, -0.15) is 0 Å². The third-order valence-electron chi connectivity index (χ3n) is 6.51. The largest absolute Gasteiger partial charge is 0.367 e. The molecule has 0 bridgehead atoms. The van der Waals surface area contributed by atoms with Crippen molar-refractivity contribution in [2.45, 2.75) is 137 Å². The summed E-state index contributed by atoms with van der Waals surface area (Å²) in [6.45, 7) is 15.7. The Hall–Kier alpha value is -1.34. The van der Waals surface area contributed by atoms with Gasteiger partial charge in [0, 0.05) is 0 Å². The lowest BCUT2D eigenvalue weighted by Gasteiger charge is -2.03. The lowest BCUT2D eigenvalue weighted by atomic mass is 10.0. The fourth-order valence-electron chi connectivity index (χ4n) is 3.97. The van der Waals surface area contributed by atoms with Crippen LogP contribution in [0.15, 0.2) is 58.7 Å². The van der Waals surface area contributed by atoms with E-state index in [1.807, 2.05) is 0 Å². The number of epoxide rings is 1. The monoisotopic (exact) mass is 440 g/mol. The fourth-order valence-corrected chi connectivity index (χ4v) is 3.97. The molecule has 1 fully saturated rings. The number of hydrogen-bond donors (Lipinski definition) is 0. The first kappa shape index (κ1) is 28.7. The predicted molar refractivity (Wildman–Crippen MR) is 144 cm³/mol. The highest BCUT2D eigenvalue weighted by Gasteiger charge is 2.46. The van der Waals surface area contributed by atoms with Crippen molar-refractivity contribution in [1.29, 1.82) is 0 Å². The van der Waals surface area contributed by atoms with Gasteiger partial charge in [0.15, 0.2) is 0 Å². The molecule has 1 unspecified atom stereocenters. The van der Waals surface area contributed by atoms with E-state index in [1.54, 1.807) is 0 Å². The van der Waals surface area contributed by atoms with Crippen LogP contribution in [0.1, 0.15) is 126 Å². The van der Waals surface area contributed by atoms with Gasteiger partial charge in [-0.25, -0.2) is 0 Å². The summed E-state index contributed by atoms with van der Waals surface area (Å²) in [5.41, 5.74) is 6.24. The molecule has 0 aromatic carbocycles. The Balaban J connectivity index is 2.13. The molecule has 32 heavy (non-hydrogen) atoms. The third kappa shape index (κ3) is 14.7. The lowest BCUT2D eigenvalue weighted by molar-refractivity contribution is 0.320. The molecule has 0 aromatic rings. The average molecular weight is 441 g/mol. The molecule has 1 nitrogen and oxygen atoms in total. The van der Waals surface area contributed by atoms with Crippen LogP contribution in [-0.2, 0) is 4.74 Å². The summed E-state index contributed by atoms with van der Waals surface area (Å²) in [5, 5.41) is 0. The van der Waals surface area contributed by atoms with E-state index < -0.39 is 0 Å². The summed E-state index contributed by atoms with van der Waals surface area (Å²) in [4.78, 5) is 0. The van der Waals surface area contributed by atoms with Crippen molar-refractivity contribution in [3.63, 3.8) is 0 Å². The zero-order valence-corrected chi connectivity index (χ0v) is 22.4. The summed E-state index contributed by atoms with van der Waals surface area (Å²) >= 11 is 0. The summed E-state index contributed by atoms with van der Waals surface area (Å²) in [6, 6.07) is 0. The molecule has 1 atom stereocenters. The molecule has 0 N–H and O–H groups in total. The number of allylic oxidation sites excluding steroid dienone is 10. The van der Waals surface area contributed by atoms with Gasteiger partial charge in [0.05, 0.1) is 11.7 Å². The molecule has 0 aromatic heterocycles. The Morgan fingerprint density at radius 3 is 1.50 bits per heavy atom. The molecule has 1 heteroatoms. The molecule has 0 spiro atoms. The smallest absolute Gasteiger partial charge is 0.0892 e. The van der Waals surface area contributed by atoms with Crippen molar-refractivity contribution < 1.29 is 4.74 Å². The minimum Gasteiger partial charge on any atom is -0.367 e.